The van der Waals surface area contributed by atoms with E-state index in [1.165, 1.54) is 11.3 Å². The maximum absolute atomic E-state index is 9.72. The lowest BCUT2D eigenvalue weighted by atomic mass is 10.0. The molecular formula is C19H26N2O. The molecule has 0 aliphatic rings. The van der Waals surface area contributed by atoms with Crippen molar-refractivity contribution in [1.82, 2.24) is 5.32 Å². The number of hydrogen-bond donors (Lipinski definition) is 2. The molecule has 0 fully saturated rings. The molecule has 0 spiro atoms. The van der Waals surface area contributed by atoms with Gasteiger partial charge in [-0.25, -0.2) is 0 Å². The number of benzene rings is 2. The van der Waals surface area contributed by atoms with Crippen LogP contribution in [0.3, 0.4) is 0 Å². The predicted molar refractivity (Wildman–Crippen MR) is 93.2 cm³/mol. The van der Waals surface area contributed by atoms with E-state index >= 15 is 0 Å². The molecule has 2 rings (SSSR count). The van der Waals surface area contributed by atoms with Crippen LogP contribution in [0.15, 0.2) is 54.6 Å². The van der Waals surface area contributed by atoms with Crippen LogP contribution < -0.4 is 10.2 Å². The Morgan fingerprint density at radius 3 is 2.00 bits per heavy atom. The van der Waals surface area contributed by atoms with Crippen LogP contribution in [0.2, 0.25) is 0 Å². The molecule has 0 saturated heterocycles. The highest BCUT2D eigenvalue weighted by molar-refractivity contribution is 5.46. The topological polar surface area (TPSA) is 35.5 Å². The maximum Gasteiger partial charge on any atom is 0.0626 e. The molecule has 2 unspecified atom stereocenters. The first-order chi connectivity index (χ1) is 10.7. The first-order valence-corrected chi connectivity index (χ1v) is 7.84. The van der Waals surface area contributed by atoms with Crippen molar-refractivity contribution in [3.63, 3.8) is 0 Å². The summed E-state index contributed by atoms with van der Waals surface area (Å²) in [5.74, 6) is 0. The van der Waals surface area contributed by atoms with Crippen molar-refractivity contribution < 1.29 is 5.11 Å². The number of anilines is 1. The van der Waals surface area contributed by atoms with E-state index in [4.69, 9.17) is 0 Å². The molecule has 2 aromatic rings. The Labute approximate surface area is 133 Å². The summed E-state index contributed by atoms with van der Waals surface area (Å²) in [5, 5.41) is 13.3. The van der Waals surface area contributed by atoms with Gasteiger partial charge in [-0.2, -0.15) is 0 Å². The largest absolute Gasteiger partial charge is 0.394 e. The second kappa shape index (κ2) is 7.97. The van der Waals surface area contributed by atoms with Crippen LogP contribution in [0.4, 0.5) is 5.69 Å². The van der Waals surface area contributed by atoms with Gasteiger partial charge in [0.2, 0.25) is 0 Å². The van der Waals surface area contributed by atoms with Gasteiger partial charge in [0.25, 0.3) is 0 Å². The van der Waals surface area contributed by atoms with E-state index in [-0.39, 0.29) is 18.7 Å². The quantitative estimate of drug-likeness (QED) is 0.821. The predicted octanol–water partition coefficient (Wildman–Crippen LogP) is 3.53. The van der Waals surface area contributed by atoms with Crippen molar-refractivity contribution in [1.29, 1.82) is 0 Å². The molecule has 0 bridgehead atoms. The van der Waals surface area contributed by atoms with Crippen LogP contribution in [0.25, 0.3) is 0 Å². The summed E-state index contributed by atoms with van der Waals surface area (Å²) in [5.41, 5.74) is 3.57. The third-order valence-corrected chi connectivity index (χ3v) is 4.01. The average Bonchev–Trinajstić information content (AvgIpc) is 2.57. The zero-order chi connectivity index (χ0) is 15.9. The standard InChI is InChI=1S/C19H26N2O/c1-4-18(16-10-12-17(13-11-16)21(2)3)20-19(14-22)15-8-6-5-7-9-15/h5-13,18-20,22H,4,14H2,1-3H3. The van der Waals surface area contributed by atoms with E-state index in [0.29, 0.717) is 0 Å². The Bertz CT molecular complexity index is 551. The molecule has 0 saturated carbocycles. The van der Waals surface area contributed by atoms with Gasteiger partial charge in [-0.15, -0.1) is 0 Å². The van der Waals surface area contributed by atoms with Crippen LogP contribution in [0.1, 0.15) is 36.6 Å². The summed E-state index contributed by atoms with van der Waals surface area (Å²) in [6, 6.07) is 18.9. The van der Waals surface area contributed by atoms with E-state index in [0.717, 1.165) is 12.0 Å². The van der Waals surface area contributed by atoms with Gasteiger partial charge in [0.1, 0.15) is 0 Å². The summed E-state index contributed by atoms with van der Waals surface area (Å²) in [7, 11) is 4.09. The highest BCUT2D eigenvalue weighted by atomic mass is 16.3. The summed E-state index contributed by atoms with van der Waals surface area (Å²) in [6.07, 6.45) is 0.977. The highest BCUT2D eigenvalue weighted by Gasteiger charge is 2.16. The summed E-state index contributed by atoms with van der Waals surface area (Å²) in [4.78, 5) is 2.10. The van der Waals surface area contributed by atoms with Crippen LogP contribution in [0.5, 0.6) is 0 Å². The van der Waals surface area contributed by atoms with Gasteiger partial charge < -0.3 is 15.3 Å². The van der Waals surface area contributed by atoms with Gasteiger partial charge in [-0.3, -0.25) is 0 Å². The lowest BCUT2D eigenvalue weighted by Gasteiger charge is -2.25. The van der Waals surface area contributed by atoms with Gasteiger partial charge in [-0.1, -0.05) is 49.4 Å². The Morgan fingerprint density at radius 2 is 1.50 bits per heavy atom. The molecule has 0 heterocycles. The summed E-state index contributed by atoms with van der Waals surface area (Å²) in [6.45, 7) is 2.26. The number of aliphatic hydroxyl groups is 1. The van der Waals surface area contributed by atoms with Crippen LogP contribution >= 0.6 is 0 Å². The van der Waals surface area contributed by atoms with E-state index in [1.54, 1.807) is 0 Å². The van der Waals surface area contributed by atoms with Gasteiger partial charge in [0.05, 0.1) is 12.6 Å². The molecule has 2 aromatic carbocycles. The number of rotatable bonds is 7. The first-order valence-electron chi connectivity index (χ1n) is 7.84. The average molecular weight is 298 g/mol. The Hall–Kier alpha value is -1.84. The van der Waals surface area contributed by atoms with Gasteiger partial charge in [-0.05, 0) is 29.7 Å². The number of nitrogens with one attached hydrogen (secondary N) is 1. The molecule has 3 nitrogen and oxygen atoms in total. The zero-order valence-electron chi connectivity index (χ0n) is 13.7. The maximum atomic E-state index is 9.72. The minimum atomic E-state index is -0.0420. The third kappa shape index (κ3) is 4.09. The molecule has 2 N–H and O–H groups in total. The SMILES string of the molecule is CCC(NC(CO)c1ccccc1)c1ccc(N(C)C)cc1. The van der Waals surface area contributed by atoms with Gasteiger partial charge in [0, 0.05) is 25.8 Å². The first kappa shape index (κ1) is 16.5. The Morgan fingerprint density at radius 1 is 0.909 bits per heavy atom. The van der Waals surface area contributed by atoms with Crippen molar-refractivity contribution in [3.8, 4) is 0 Å². The molecule has 0 aliphatic heterocycles. The van der Waals surface area contributed by atoms with Crippen molar-refractivity contribution in [3.05, 3.63) is 65.7 Å². The second-order valence-corrected chi connectivity index (χ2v) is 5.76. The lowest BCUT2D eigenvalue weighted by molar-refractivity contribution is 0.232. The van der Waals surface area contributed by atoms with Gasteiger partial charge >= 0.3 is 0 Å². The molecule has 0 aromatic heterocycles. The van der Waals surface area contributed by atoms with Crippen LogP contribution in [-0.4, -0.2) is 25.8 Å². The zero-order valence-corrected chi connectivity index (χ0v) is 13.7. The highest BCUT2D eigenvalue weighted by Crippen LogP contribution is 2.24. The minimum absolute atomic E-state index is 0.0420. The molecule has 2 atom stereocenters. The number of nitrogens with zero attached hydrogens (tertiary/aromatic N) is 1. The molecule has 0 amide bonds. The normalized spacial score (nSPS) is 13.6. The van der Waals surface area contributed by atoms with Crippen molar-refractivity contribution >= 4 is 5.69 Å². The molecule has 118 valence electrons. The Kier molecular flexibility index (Phi) is 5.99. The molecule has 3 heteroatoms. The second-order valence-electron chi connectivity index (χ2n) is 5.76. The van der Waals surface area contributed by atoms with Crippen LogP contribution in [0, 0.1) is 0 Å². The molecular weight excluding hydrogens is 272 g/mol. The third-order valence-electron chi connectivity index (χ3n) is 4.01. The smallest absolute Gasteiger partial charge is 0.0626 e. The summed E-state index contributed by atoms with van der Waals surface area (Å²) < 4.78 is 0. The van der Waals surface area contributed by atoms with Crippen molar-refractivity contribution in [2.24, 2.45) is 0 Å². The van der Waals surface area contributed by atoms with Gasteiger partial charge in [0.15, 0.2) is 0 Å². The van der Waals surface area contributed by atoms with E-state index in [1.807, 2.05) is 32.3 Å². The number of hydrogen-bond acceptors (Lipinski definition) is 3. The molecule has 0 aliphatic carbocycles. The molecule has 22 heavy (non-hydrogen) atoms. The van der Waals surface area contributed by atoms with E-state index in [9.17, 15) is 5.11 Å². The fourth-order valence-electron chi connectivity index (χ4n) is 2.64. The van der Waals surface area contributed by atoms with Crippen molar-refractivity contribution in [2.75, 3.05) is 25.6 Å². The van der Waals surface area contributed by atoms with Crippen LogP contribution in [-0.2, 0) is 0 Å². The minimum Gasteiger partial charge on any atom is -0.394 e. The monoisotopic (exact) mass is 298 g/mol. The van der Waals surface area contributed by atoms with E-state index < -0.39 is 0 Å². The fraction of sp³-hybridized carbons (Fsp3) is 0.368. The Balaban J connectivity index is 2.13. The van der Waals surface area contributed by atoms with Crippen molar-refractivity contribution in [2.45, 2.75) is 25.4 Å². The summed E-state index contributed by atoms with van der Waals surface area (Å²) >= 11 is 0. The lowest BCUT2D eigenvalue weighted by Crippen LogP contribution is -2.28. The fourth-order valence-corrected chi connectivity index (χ4v) is 2.64. The van der Waals surface area contributed by atoms with E-state index in [2.05, 4.69) is 53.5 Å². The molecule has 0 radical (unpaired) electrons. The number of aliphatic hydroxyl groups excluding tert-OH is 1.